The molecule has 1 aliphatic rings. The molecule has 1 saturated carbocycles. The number of benzene rings is 1. The highest BCUT2D eigenvalue weighted by molar-refractivity contribution is 5.93. The molecule has 0 spiro atoms. The monoisotopic (exact) mass is 294 g/mol. The maximum Gasteiger partial charge on any atom is 0.338 e. The summed E-state index contributed by atoms with van der Waals surface area (Å²) >= 11 is 0. The van der Waals surface area contributed by atoms with Crippen LogP contribution < -0.4 is 10.6 Å². The van der Waals surface area contributed by atoms with E-state index >= 15 is 0 Å². The van der Waals surface area contributed by atoms with Crippen LogP contribution in [0.1, 0.15) is 38.1 Å². The number of carboxylic acid groups (broad SMARTS) is 1. The Hall–Kier alpha value is -2.11. The number of anilines is 1. The Labute approximate surface area is 122 Å². The van der Waals surface area contributed by atoms with E-state index in [9.17, 15) is 14.0 Å². The zero-order chi connectivity index (χ0) is 16.0. The Morgan fingerprint density at radius 2 is 1.76 bits per heavy atom. The average molecular weight is 294 g/mol. The molecule has 2 rings (SSSR count). The van der Waals surface area contributed by atoms with Crippen LogP contribution >= 0.6 is 0 Å². The quantitative estimate of drug-likeness (QED) is 0.801. The van der Waals surface area contributed by atoms with E-state index in [-0.39, 0.29) is 22.6 Å². The molecule has 0 radical (unpaired) electrons. The van der Waals surface area contributed by atoms with E-state index in [1.807, 2.05) is 0 Å². The molecule has 0 atom stereocenters. The van der Waals surface area contributed by atoms with Crippen LogP contribution in [0.25, 0.3) is 0 Å². The number of nitrogens with one attached hydrogen (secondary N) is 2. The third-order valence-electron chi connectivity index (χ3n) is 4.75. The fraction of sp³-hybridized carbons (Fsp3) is 0.467. The van der Waals surface area contributed by atoms with Crippen LogP contribution in [-0.2, 0) is 0 Å². The van der Waals surface area contributed by atoms with Gasteiger partial charge < -0.3 is 15.7 Å². The molecule has 1 aliphatic carbocycles. The Bertz CT molecular complexity index is 597. The van der Waals surface area contributed by atoms with E-state index in [1.54, 1.807) is 0 Å². The molecular formula is C15H19FN2O3. The number of carbonyl (C=O) groups excluding carboxylic acids is 1. The standard InChI is InChI=1S/C15H19FN2O3/c1-14(2)12(15(14,3)4)18-13(21)17-8-5-6-10(16)9(7-8)11(19)20/h5-7,12H,1-4H3,(H,19,20)(H2,17,18,21). The summed E-state index contributed by atoms with van der Waals surface area (Å²) in [6.07, 6.45) is 0. The van der Waals surface area contributed by atoms with E-state index < -0.39 is 23.4 Å². The normalized spacial score (nSPS) is 18.9. The first kappa shape index (κ1) is 15.3. The van der Waals surface area contributed by atoms with Gasteiger partial charge in [0.15, 0.2) is 0 Å². The highest BCUT2D eigenvalue weighted by atomic mass is 19.1. The first-order valence-corrected chi connectivity index (χ1v) is 6.67. The van der Waals surface area contributed by atoms with E-state index in [4.69, 9.17) is 5.11 Å². The SMILES string of the molecule is CC1(C)C(NC(=O)Nc2ccc(F)c(C(=O)O)c2)C1(C)C. The first-order valence-electron chi connectivity index (χ1n) is 6.67. The number of hydrogen-bond donors (Lipinski definition) is 3. The first-order chi connectivity index (χ1) is 9.57. The van der Waals surface area contributed by atoms with E-state index in [1.165, 1.54) is 6.07 Å². The molecular weight excluding hydrogens is 275 g/mol. The smallest absolute Gasteiger partial charge is 0.338 e. The average Bonchev–Trinajstić information content (AvgIpc) is 2.74. The van der Waals surface area contributed by atoms with Crippen LogP contribution in [0.4, 0.5) is 14.9 Å². The molecule has 1 fully saturated rings. The lowest BCUT2D eigenvalue weighted by Gasteiger charge is -2.10. The molecule has 1 aromatic rings. The minimum atomic E-state index is -1.37. The molecule has 0 heterocycles. The Morgan fingerprint density at radius 3 is 2.24 bits per heavy atom. The summed E-state index contributed by atoms with van der Waals surface area (Å²) in [7, 11) is 0. The summed E-state index contributed by atoms with van der Waals surface area (Å²) in [5.74, 6) is -2.21. The van der Waals surface area contributed by atoms with Gasteiger partial charge in [-0.25, -0.2) is 14.0 Å². The van der Waals surface area contributed by atoms with Crippen LogP contribution in [0, 0.1) is 16.6 Å². The lowest BCUT2D eigenvalue weighted by atomic mass is 10.0. The van der Waals surface area contributed by atoms with Gasteiger partial charge in [0.1, 0.15) is 5.82 Å². The minimum absolute atomic E-state index is 0.000634. The lowest BCUT2D eigenvalue weighted by molar-refractivity contribution is 0.0692. The second-order valence-electron chi connectivity index (χ2n) is 6.47. The summed E-state index contributed by atoms with van der Waals surface area (Å²) in [5.41, 5.74) is -0.235. The number of carboxylic acids is 1. The van der Waals surface area contributed by atoms with E-state index in [0.717, 1.165) is 12.1 Å². The molecule has 0 aliphatic heterocycles. The highest BCUT2D eigenvalue weighted by Crippen LogP contribution is 2.62. The van der Waals surface area contributed by atoms with Crippen LogP contribution in [0.5, 0.6) is 0 Å². The van der Waals surface area contributed by atoms with Crippen LogP contribution in [-0.4, -0.2) is 23.1 Å². The third kappa shape index (κ3) is 2.57. The molecule has 6 heteroatoms. The zero-order valence-electron chi connectivity index (χ0n) is 12.5. The van der Waals surface area contributed by atoms with Crippen molar-refractivity contribution in [1.29, 1.82) is 0 Å². The van der Waals surface area contributed by atoms with Gasteiger partial charge in [0.2, 0.25) is 0 Å². The number of rotatable bonds is 3. The molecule has 3 N–H and O–H groups in total. The van der Waals surface area contributed by atoms with Gasteiger partial charge >= 0.3 is 12.0 Å². The Balaban J connectivity index is 2.05. The fourth-order valence-electron chi connectivity index (χ4n) is 2.62. The zero-order valence-corrected chi connectivity index (χ0v) is 12.5. The lowest BCUT2D eigenvalue weighted by Crippen LogP contribution is -2.33. The van der Waals surface area contributed by atoms with Gasteiger partial charge in [-0.2, -0.15) is 0 Å². The predicted octanol–water partition coefficient (Wildman–Crippen LogP) is 3.08. The van der Waals surface area contributed by atoms with E-state index in [0.29, 0.717) is 0 Å². The molecule has 0 aromatic heterocycles. The summed E-state index contributed by atoms with van der Waals surface area (Å²) in [6.45, 7) is 8.27. The molecule has 2 amide bonds. The third-order valence-corrected chi connectivity index (χ3v) is 4.75. The molecule has 5 nitrogen and oxygen atoms in total. The highest BCUT2D eigenvalue weighted by Gasteiger charge is 2.65. The number of amides is 2. The van der Waals surface area contributed by atoms with Crippen molar-refractivity contribution in [2.24, 2.45) is 10.8 Å². The van der Waals surface area contributed by atoms with Gasteiger partial charge in [-0.1, -0.05) is 27.7 Å². The molecule has 0 saturated heterocycles. The predicted molar refractivity (Wildman–Crippen MR) is 76.9 cm³/mol. The molecule has 21 heavy (non-hydrogen) atoms. The summed E-state index contributed by atoms with van der Waals surface area (Å²) in [5, 5.41) is 14.2. The van der Waals surface area contributed by atoms with E-state index in [2.05, 4.69) is 38.3 Å². The summed E-state index contributed by atoms with van der Waals surface area (Å²) in [6, 6.07) is 3.04. The van der Waals surface area contributed by atoms with Crippen LogP contribution in [0.3, 0.4) is 0 Å². The number of carbonyl (C=O) groups is 2. The van der Waals surface area contributed by atoms with Crippen molar-refractivity contribution in [3.8, 4) is 0 Å². The number of halogens is 1. The van der Waals surface area contributed by atoms with Crippen molar-refractivity contribution in [1.82, 2.24) is 5.32 Å². The van der Waals surface area contributed by atoms with Gasteiger partial charge in [0.05, 0.1) is 5.56 Å². The van der Waals surface area contributed by atoms with Gasteiger partial charge in [0, 0.05) is 11.7 Å². The fourth-order valence-corrected chi connectivity index (χ4v) is 2.62. The van der Waals surface area contributed by atoms with Crippen molar-refractivity contribution in [3.05, 3.63) is 29.6 Å². The maximum atomic E-state index is 13.3. The maximum absolute atomic E-state index is 13.3. The van der Waals surface area contributed by atoms with Gasteiger partial charge in [0.25, 0.3) is 0 Å². The topological polar surface area (TPSA) is 78.4 Å². The van der Waals surface area contributed by atoms with Gasteiger partial charge in [-0.3, -0.25) is 0 Å². The minimum Gasteiger partial charge on any atom is -0.478 e. The molecule has 1 aromatic carbocycles. The van der Waals surface area contributed by atoms with Crippen molar-refractivity contribution in [3.63, 3.8) is 0 Å². The van der Waals surface area contributed by atoms with Crippen molar-refractivity contribution in [2.45, 2.75) is 33.7 Å². The van der Waals surface area contributed by atoms with Crippen LogP contribution in [0.2, 0.25) is 0 Å². The van der Waals surface area contributed by atoms with Gasteiger partial charge in [-0.05, 0) is 29.0 Å². The Kier molecular flexibility index (Phi) is 3.43. The number of hydrogen-bond acceptors (Lipinski definition) is 2. The Morgan fingerprint density at radius 1 is 1.19 bits per heavy atom. The van der Waals surface area contributed by atoms with Crippen molar-refractivity contribution < 1.29 is 19.1 Å². The molecule has 114 valence electrons. The van der Waals surface area contributed by atoms with Crippen LogP contribution in [0.15, 0.2) is 18.2 Å². The number of urea groups is 1. The van der Waals surface area contributed by atoms with Gasteiger partial charge in [-0.15, -0.1) is 0 Å². The van der Waals surface area contributed by atoms with Crippen molar-refractivity contribution >= 4 is 17.7 Å². The number of aromatic carboxylic acids is 1. The second-order valence-corrected chi connectivity index (χ2v) is 6.47. The summed E-state index contributed by atoms with van der Waals surface area (Å²) in [4.78, 5) is 22.8. The van der Waals surface area contributed by atoms with Crippen molar-refractivity contribution in [2.75, 3.05) is 5.32 Å². The molecule has 0 bridgehead atoms. The summed E-state index contributed by atoms with van der Waals surface area (Å²) < 4.78 is 13.3. The molecule has 0 unspecified atom stereocenters. The second kappa shape index (κ2) is 4.72. The largest absolute Gasteiger partial charge is 0.478 e.